The molecule has 21 heavy (non-hydrogen) atoms. The van der Waals surface area contributed by atoms with Crippen LogP contribution in [0.2, 0.25) is 10.0 Å². The summed E-state index contributed by atoms with van der Waals surface area (Å²) >= 11 is 11.9. The van der Waals surface area contributed by atoms with Crippen LogP contribution in [-0.2, 0) is 0 Å². The van der Waals surface area contributed by atoms with Gasteiger partial charge in [-0.25, -0.2) is 0 Å². The fourth-order valence-corrected chi connectivity index (χ4v) is 2.75. The van der Waals surface area contributed by atoms with Gasteiger partial charge >= 0.3 is 0 Å². The average Bonchev–Trinajstić information content (AvgIpc) is 2.88. The third-order valence-electron chi connectivity index (χ3n) is 3.18. The van der Waals surface area contributed by atoms with Gasteiger partial charge in [0.05, 0.1) is 11.6 Å². The van der Waals surface area contributed by atoms with Crippen LogP contribution in [0.3, 0.4) is 0 Å². The molecule has 0 saturated carbocycles. The molecule has 3 nitrogen and oxygen atoms in total. The average molecular weight is 315 g/mol. The number of halogens is 2. The van der Waals surface area contributed by atoms with Crippen LogP contribution in [-0.4, -0.2) is 10.8 Å². The van der Waals surface area contributed by atoms with Crippen molar-refractivity contribution in [3.8, 4) is 6.07 Å². The molecule has 0 atom stereocenters. The van der Waals surface area contributed by atoms with E-state index in [2.05, 4.69) is 11.1 Å². The Kier molecular flexibility index (Phi) is 3.42. The van der Waals surface area contributed by atoms with E-state index in [0.717, 1.165) is 10.9 Å². The predicted molar refractivity (Wildman–Crippen MR) is 82.9 cm³/mol. The summed E-state index contributed by atoms with van der Waals surface area (Å²) in [5.74, 6) is -0.171. The molecule has 0 aliphatic heterocycles. The van der Waals surface area contributed by atoms with Gasteiger partial charge in [-0.05, 0) is 30.3 Å². The van der Waals surface area contributed by atoms with Crippen LogP contribution in [0.1, 0.15) is 21.5 Å². The highest BCUT2D eigenvalue weighted by Crippen LogP contribution is 2.25. The number of H-pyrrole nitrogens is 1. The maximum absolute atomic E-state index is 12.6. The predicted octanol–water partition coefficient (Wildman–Crippen LogP) is 4.58. The van der Waals surface area contributed by atoms with Gasteiger partial charge in [0.15, 0.2) is 5.78 Å². The molecule has 2 aromatic carbocycles. The molecule has 0 saturated heterocycles. The topological polar surface area (TPSA) is 56.6 Å². The van der Waals surface area contributed by atoms with Gasteiger partial charge in [0.2, 0.25) is 0 Å². The van der Waals surface area contributed by atoms with E-state index in [4.69, 9.17) is 28.5 Å². The number of nitrogens with one attached hydrogen (secondary N) is 1. The van der Waals surface area contributed by atoms with Crippen molar-refractivity contribution in [2.24, 2.45) is 0 Å². The third-order valence-corrected chi connectivity index (χ3v) is 3.62. The van der Waals surface area contributed by atoms with Gasteiger partial charge in [-0.1, -0.05) is 29.3 Å². The SMILES string of the molecule is N#Cc1ccc2c(C(=O)c3cc(Cl)cc(Cl)c3)c[nH]c2c1. The Morgan fingerprint density at radius 3 is 2.48 bits per heavy atom. The van der Waals surface area contributed by atoms with Crippen molar-refractivity contribution in [1.29, 1.82) is 5.26 Å². The zero-order valence-corrected chi connectivity index (χ0v) is 12.2. The molecule has 0 radical (unpaired) electrons. The molecule has 102 valence electrons. The van der Waals surface area contributed by atoms with Crippen LogP contribution in [0, 0.1) is 11.3 Å². The second-order valence-corrected chi connectivity index (χ2v) is 5.43. The van der Waals surface area contributed by atoms with Crippen LogP contribution >= 0.6 is 23.2 Å². The summed E-state index contributed by atoms with van der Waals surface area (Å²) in [4.78, 5) is 15.6. The van der Waals surface area contributed by atoms with E-state index in [1.165, 1.54) is 0 Å². The first kappa shape index (κ1) is 13.7. The number of aromatic nitrogens is 1. The summed E-state index contributed by atoms with van der Waals surface area (Å²) in [5, 5.41) is 10.5. The minimum absolute atomic E-state index is 0.171. The van der Waals surface area contributed by atoms with Gasteiger partial charge in [0.1, 0.15) is 0 Å². The number of aromatic amines is 1. The van der Waals surface area contributed by atoms with Crippen LogP contribution in [0.25, 0.3) is 10.9 Å². The Morgan fingerprint density at radius 2 is 1.81 bits per heavy atom. The number of rotatable bonds is 2. The summed E-state index contributed by atoms with van der Waals surface area (Å²) in [5.41, 5.74) is 2.23. The number of ketones is 1. The van der Waals surface area contributed by atoms with Crippen LogP contribution in [0.5, 0.6) is 0 Å². The lowest BCUT2D eigenvalue weighted by atomic mass is 10.0. The molecule has 0 bridgehead atoms. The maximum atomic E-state index is 12.6. The van der Waals surface area contributed by atoms with Gasteiger partial charge < -0.3 is 4.98 Å². The highest BCUT2D eigenvalue weighted by atomic mass is 35.5. The summed E-state index contributed by atoms with van der Waals surface area (Å²) in [6.07, 6.45) is 1.63. The molecule has 3 aromatic rings. The smallest absolute Gasteiger partial charge is 0.195 e. The summed E-state index contributed by atoms with van der Waals surface area (Å²) in [7, 11) is 0. The van der Waals surface area contributed by atoms with Crippen LogP contribution in [0.4, 0.5) is 0 Å². The second-order valence-electron chi connectivity index (χ2n) is 4.56. The lowest BCUT2D eigenvalue weighted by Crippen LogP contribution is -2.00. The Morgan fingerprint density at radius 1 is 1.10 bits per heavy atom. The molecule has 1 N–H and O–H groups in total. The van der Waals surface area contributed by atoms with E-state index in [1.807, 2.05) is 0 Å². The largest absolute Gasteiger partial charge is 0.360 e. The van der Waals surface area contributed by atoms with Crippen molar-refractivity contribution in [2.45, 2.75) is 0 Å². The Balaban J connectivity index is 2.12. The molecule has 1 heterocycles. The van der Waals surface area contributed by atoms with Gasteiger partial charge in [0, 0.05) is 38.3 Å². The van der Waals surface area contributed by atoms with Crippen molar-refractivity contribution in [1.82, 2.24) is 4.98 Å². The maximum Gasteiger partial charge on any atom is 0.195 e. The molecule has 0 spiro atoms. The standard InChI is InChI=1S/C16H8Cl2N2O/c17-11-4-10(5-12(18)6-11)16(21)14-8-20-15-3-9(7-19)1-2-13(14)15/h1-6,8,20H. The molecule has 0 unspecified atom stereocenters. The molecule has 0 amide bonds. The van der Waals surface area contributed by atoms with Crippen molar-refractivity contribution >= 4 is 39.9 Å². The van der Waals surface area contributed by atoms with E-state index in [0.29, 0.717) is 26.7 Å². The van der Waals surface area contributed by atoms with E-state index in [-0.39, 0.29) is 5.78 Å². The molecule has 1 aromatic heterocycles. The van der Waals surface area contributed by atoms with Gasteiger partial charge in [-0.3, -0.25) is 4.79 Å². The van der Waals surface area contributed by atoms with Gasteiger partial charge in [-0.2, -0.15) is 5.26 Å². The lowest BCUT2D eigenvalue weighted by molar-refractivity contribution is 0.104. The number of hydrogen-bond acceptors (Lipinski definition) is 2. The van der Waals surface area contributed by atoms with Crippen molar-refractivity contribution in [2.75, 3.05) is 0 Å². The number of benzene rings is 2. The quantitative estimate of drug-likeness (QED) is 0.704. The summed E-state index contributed by atoms with van der Waals surface area (Å²) in [6, 6.07) is 11.9. The number of nitriles is 1. The molecule has 0 fully saturated rings. The van der Waals surface area contributed by atoms with E-state index in [1.54, 1.807) is 42.6 Å². The Labute approximate surface area is 130 Å². The van der Waals surface area contributed by atoms with Gasteiger partial charge in [0.25, 0.3) is 0 Å². The minimum Gasteiger partial charge on any atom is -0.360 e. The van der Waals surface area contributed by atoms with Crippen LogP contribution in [0.15, 0.2) is 42.6 Å². The molecule has 0 aliphatic rings. The zero-order chi connectivity index (χ0) is 15.0. The molecular formula is C16H8Cl2N2O. The first-order valence-corrected chi connectivity index (χ1v) is 6.86. The number of fused-ring (bicyclic) bond motifs is 1. The highest BCUT2D eigenvalue weighted by molar-refractivity contribution is 6.35. The second kappa shape index (κ2) is 5.25. The number of nitrogens with zero attached hydrogens (tertiary/aromatic N) is 1. The monoisotopic (exact) mass is 314 g/mol. The molecular weight excluding hydrogens is 307 g/mol. The third kappa shape index (κ3) is 2.52. The fraction of sp³-hybridized carbons (Fsp3) is 0. The summed E-state index contributed by atoms with van der Waals surface area (Å²) < 4.78 is 0. The van der Waals surface area contributed by atoms with Gasteiger partial charge in [-0.15, -0.1) is 0 Å². The van der Waals surface area contributed by atoms with Crippen molar-refractivity contribution < 1.29 is 4.79 Å². The Hall–Kier alpha value is -2.28. The first-order valence-electron chi connectivity index (χ1n) is 6.10. The van der Waals surface area contributed by atoms with E-state index < -0.39 is 0 Å². The van der Waals surface area contributed by atoms with Crippen molar-refractivity contribution in [3.63, 3.8) is 0 Å². The molecule has 3 rings (SSSR count). The van der Waals surface area contributed by atoms with E-state index >= 15 is 0 Å². The molecule has 5 heteroatoms. The van der Waals surface area contributed by atoms with Crippen LogP contribution < -0.4 is 0 Å². The van der Waals surface area contributed by atoms with Crippen molar-refractivity contribution in [3.05, 3.63) is 69.3 Å². The number of hydrogen-bond donors (Lipinski definition) is 1. The van der Waals surface area contributed by atoms with E-state index in [9.17, 15) is 4.79 Å². The molecule has 0 aliphatic carbocycles. The Bertz CT molecular complexity index is 886. The number of carbonyl (C=O) groups excluding carboxylic acids is 1. The zero-order valence-electron chi connectivity index (χ0n) is 10.7. The minimum atomic E-state index is -0.171. The fourth-order valence-electron chi connectivity index (χ4n) is 2.22. The first-order chi connectivity index (χ1) is 10.1. The summed E-state index contributed by atoms with van der Waals surface area (Å²) in [6.45, 7) is 0. The highest BCUT2D eigenvalue weighted by Gasteiger charge is 2.15. The number of carbonyl (C=O) groups is 1. The lowest BCUT2D eigenvalue weighted by Gasteiger charge is -2.02. The normalized spacial score (nSPS) is 10.5.